The summed E-state index contributed by atoms with van der Waals surface area (Å²) in [5.74, 6) is -0.157. The van der Waals surface area contributed by atoms with Crippen LogP contribution in [0.1, 0.15) is 12.8 Å². The van der Waals surface area contributed by atoms with E-state index in [9.17, 15) is 9.59 Å². The highest BCUT2D eigenvalue weighted by Crippen LogP contribution is 2.20. The van der Waals surface area contributed by atoms with Crippen LogP contribution in [0.5, 0.6) is 0 Å². The molecule has 2 aromatic rings. The normalized spacial score (nSPS) is 20.4. The molecule has 0 spiro atoms. The van der Waals surface area contributed by atoms with Gasteiger partial charge in [-0.2, -0.15) is 0 Å². The molecule has 1 fully saturated rings. The summed E-state index contributed by atoms with van der Waals surface area (Å²) in [5.41, 5.74) is 7.58. The Morgan fingerprint density at radius 2 is 2.30 bits per heavy atom. The third-order valence-electron chi connectivity index (χ3n) is 3.33. The van der Waals surface area contributed by atoms with Crippen molar-refractivity contribution in [2.45, 2.75) is 19.5 Å². The van der Waals surface area contributed by atoms with Gasteiger partial charge in [0.15, 0.2) is 5.58 Å². The Kier molecular flexibility index (Phi) is 2.90. The van der Waals surface area contributed by atoms with Gasteiger partial charge in [0, 0.05) is 11.8 Å². The van der Waals surface area contributed by atoms with Crippen molar-refractivity contribution in [3.8, 4) is 0 Å². The van der Waals surface area contributed by atoms with Gasteiger partial charge in [-0.1, -0.05) is 0 Å². The summed E-state index contributed by atoms with van der Waals surface area (Å²) < 4.78 is 5.59. The Morgan fingerprint density at radius 1 is 1.50 bits per heavy atom. The molecule has 1 saturated heterocycles. The minimum Gasteiger partial charge on any atom is -0.439 e. The van der Waals surface area contributed by atoms with Gasteiger partial charge in [0.1, 0.15) is 5.52 Å². The predicted molar refractivity (Wildman–Crippen MR) is 71.4 cm³/mol. The molecule has 1 aliphatic heterocycles. The van der Waals surface area contributed by atoms with Crippen molar-refractivity contribution in [2.75, 3.05) is 12.3 Å². The van der Waals surface area contributed by atoms with Crippen LogP contribution in [0.25, 0.3) is 11.1 Å². The number of amides is 2. The predicted octanol–water partition coefficient (Wildman–Crippen LogP) is 0.257. The maximum absolute atomic E-state index is 11.6. The molecule has 104 valence electrons. The first kappa shape index (κ1) is 12.6. The lowest BCUT2D eigenvalue weighted by molar-refractivity contribution is -0.139. The van der Waals surface area contributed by atoms with Crippen molar-refractivity contribution >= 4 is 28.6 Å². The molecule has 3 rings (SSSR count). The molecule has 7 heteroatoms. The average Bonchev–Trinajstić information content (AvgIpc) is 2.76. The highest BCUT2D eigenvalue weighted by Gasteiger charge is 2.31. The molecule has 0 saturated carbocycles. The number of aromatic nitrogens is 1. The van der Waals surface area contributed by atoms with E-state index in [4.69, 9.17) is 10.2 Å². The smallest absolute Gasteiger partial charge is 0.243 e. The van der Waals surface area contributed by atoms with Crippen LogP contribution in [0.4, 0.5) is 5.69 Å². The number of imide groups is 1. The lowest BCUT2D eigenvalue weighted by atomic mass is 10.2. The van der Waals surface area contributed by atoms with Gasteiger partial charge in [-0.05, 0) is 19.1 Å². The number of nitrogens with two attached hydrogens (primary N) is 1. The maximum atomic E-state index is 11.6. The molecule has 20 heavy (non-hydrogen) atoms. The first-order valence-corrected chi connectivity index (χ1v) is 6.25. The van der Waals surface area contributed by atoms with Crippen LogP contribution < -0.4 is 11.1 Å². The Morgan fingerprint density at radius 3 is 3.10 bits per heavy atom. The second-order valence-corrected chi connectivity index (χ2v) is 4.83. The van der Waals surface area contributed by atoms with Crippen LogP contribution in [-0.4, -0.2) is 34.3 Å². The molecule has 1 aromatic carbocycles. The second-order valence-electron chi connectivity index (χ2n) is 4.83. The van der Waals surface area contributed by atoms with Crippen molar-refractivity contribution in [2.24, 2.45) is 0 Å². The van der Waals surface area contributed by atoms with Gasteiger partial charge in [0.25, 0.3) is 0 Å². The third kappa shape index (κ3) is 2.23. The number of hydrogen-bond donors (Lipinski definition) is 2. The second kappa shape index (κ2) is 4.61. The van der Waals surface area contributed by atoms with Gasteiger partial charge in [-0.3, -0.25) is 19.8 Å². The van der Waals surface area contributed by atoms with Crippen molar-refractivity contribution in [1.82, 2.24) is 15.2 Å². The Hall–Kier alpha value is -2.41. The summed E-state index contributed by atoms with van der Waals surface area (Å²) in [6.45, 7) is 2.19. The molecule has 1 aliphatic rings. The molecule has 2 heterocycles. The van der Waals surface area contributed by atoms with E-state index in [0.29, 0.717) is 29.2 Å². The van der Waals surface area contributed by atoms with Crippen LogP contribution in [0.2, 0.25) is 0 Å². The first-order valence-electron chi connectivity index (χ1n) is 6.25. The molecule has 0 radical (unpaired) electrons. The SMILES string of the molecule is CC1C(=O)NC(=O)CN1Cc1nc2ccc(N)cc2o1. The fraction of sp³-hybridized carbons (Fsp3) is 0.308. The summed E-state index contributed by atoms with van der Waals surface area (Å²) >= 11 is 0. The highest BCUT2D eigenvalue weighted by molar-refractivity contribution is 6.00. The minimum absolute atomic E-state index is 0.147. The quantitative estimate of drug-likeness (QED) is 0.601. The monoisotopic (exact) mass is 274 g/mol. The number of fused-ring (bicyclic) bond motifs is 1. The number of nitrogen functional groups attached to an aromatic ring is 1. The molecular weight excluding hydrogens is 260 g/mol. The summed E-state index contributed by atoms with van der Waals surface area (Å²) in [4.78, 5) is 29.0. The number of nitrogens with zero attached hydrogens (tertiary/aromatic N) is 2. The van der Waals surface area contributed by atoms with Crippen LogP contribution in [0.3, 0.4) is 0 Å². The van der Waals surface area contributed by atoms with Crippen LogP contribution in [0.15, 0.2) is 22.6 Å². The summed E-state index contributed by atoms with van der Waals surface area (Å²) in [5, 5.41) is 2.29. The van der Waals surface area contributed by atoms with Crippen LogP contribution in [-0.2, 0) is 16.1 Å². The van der Waals surface area contributed by atoms with E-state index in [1.165, 1.54) is 0 Å². The Labute approximate surface area is 114 Å². The van der Waals surface area contributed by atoms with E-state index in [-0.39, 0.29) is 18.4 Å². The number of nitrogens with one attached hydrogen (secondary N) is 1. The standard InChI is InChI=1S/C13H14N4O3/c1-7-13(19)16-11(18)5-17(7)6-12-15-9-3-2-8(14)4-10(9)20-12/h2-4,7H,5-6,14H2,1H3,(H,16,18,19). The number of hydrogen-bond acceptors (Lipinski definition) is 6. The number of benzene rings is 1. The molecule has 2 amide bonds. The number of piperazine rings is 1. The van der Waals surface area contributed by atoms with Crippen LogP contribution >= 0.6 is 0 Å². The van der Waals surface area contributed by atoms with E-state index in [2.05, 4.69) is 10.3 Å². The third-order valence-corrected chi connectivity index (χ3v) is 3.33. The lowest BCUT2D eigenvalue weighted by Gasteiger charge is -2.30. The van der Waals surface area contributed by atoms with E-state index >= 15 is 0 Å². The zero-order valence-electron chi connectivity index (χ0n) is 10.9. The molecule has 1 unspecified atom stereocenters. The largest absolute Gasteiger partial charge is 0.439 e. The minimum atomic E-state index is -0.396. The molecular formula is C13H14N4O3. The number of carbonyl (C=O) groups excluding carboxylic acids is 2. The highest BCUT2D eigenvalue weighted by atomic mass is 16.3. The Balaban J connectivity index is 1.85. The van der Waals surface area contributed by atoms with E-state index < -0.39 is 6.04 Å². The van der Waals surface area contributed by atoms with Gasteiger partial charge in [-0.15, -0.1) is 0 Å². The van der Waals surface area contributed by atoms with Gasteiger partial charge in [-0.25, -0.2) is 4.98 Å². The molecule has 1 atom stereocenters. The molecule has 3 N–H and O–H groups in total. The topological polar surface area (TPSA) is 101 Å². The molecule has 0 bridgehead atoms. The van der Waals surface area contributed by atoms with Crippen molar-refractivity contribution in [1.29, 1.82) is 0 Å². The summed E-state index contributed by atoms with van der Waals surface area (Å²) in [6, 6.07) is 4.82. The van der Waals surface area contributed by atoms with Gasteiger partial charge in [0.2, 0.25) is 17.7 Å². The number of carbonyl (C=O) groups is 2. The van der Waals surface area contributed by atoms with Gasteiger partial charge < -0.3 is 10.2 Å². The fourth-order valence-corrected chi connectivity index (χ4v) is 2.19. The van der Waals surface area contributed by atoms with Crippen molar-refractivity contribution in [3.05, 3.63) is 24.1 Å². The Bertz CT molecular complexity index is 694. The van der Waals surface area contributed by atoms with E-state index in [0.717, 1.165) is 0 Å². The van der Waals surface area contributed by atoms with Gasteiger partial charge >= 0.3 is 0 Å². The summed E-state index contributed by atoms with van der Waals surface area (Å²) in [7, 11) is 0. The van der Waals surface area contributed by atoms with E-state index in [1.54, 1.807) is 30.0 Å². The van der Waals surface area contributed by atoms with E-state index in [1.807, 2.05) is 0 Å². The average molecular weight is 274 g/mol. The summed E-state index contributed by atoms with van der Waals surface area (Å²) in [6.07, 6.45) is 0. The zero-order valence-corrected chi connectivity index (χ0v) is 10.9. The first-order chi connectivity index (χ1) is 9.52. The molecule has 7 nitrogen and oxygen atoms in total. The maximum Gasteiger partial charge on any atom is 0.243 e. The lowest BCUT2D eigenvalue weighted by Crippen LogP contribution is -2.56. The molecule has 0 aliphatic carbocycles. The van der Waals surface area contributed by atoms with Crippen molar-refractivity contribution < 1.29 is 14.0 Å². The number of anilines is 1. The zero-order chi connectivity index (χ0) is 14.3. The fourth-order valence-electron chi connectivity index (χ4n) is 2.19. The van der Waals surface area contributed by atoms with Crippen LogP contribution in [0, 0.1) is 0 Å². The van der Waals surface area contributed by atoms with Crippen molar-refractivity contribution in [3.63, 3.8) is 0 Å². The molecule has 1 aromatic heterocycles. The number of rotatable bonds is 2. The number of oxazole rings is 1. The van der Waals surface area contributed by atoms with Gasteiger partial charge in [0.05, 0.1) is 19.1 Å².